The second-order valence-electron chi connectivity index (χ2n) is 5.67. The predicted molar refractivity (Wildman–Crippen MR) is 81.2 cm³/mol. The molecular formula is C15H23N3O2. The van der Waals surface area contributed by atoms with Crippen molar-refractivity contribution in [2.24, 2.45) is 5.92 Å². The summed E-state index contributed by atoms with van der Waals surface area (Å²) in [5.41, 5.74) is 1.79. The van der Waals surface area contributed by atoms with Crippen LogP contribution < -0.4 is 5.32 Å². The molecule has 1 N–H and O–H groups in total. The van der Waals surface area contributed by atoms with E-state index in [1.165, 1.54) is 25.9 Å². The average molecular weight is 277 g/mol. The van der Waals surface area contributed by atoms with Crippen LogP contribution >= 0.6 is 0 Å². The molecule has 20 heavy (non-hydrogen) atoms. The number of likely N-dealkylation sites (tertiary alicyclic amines) is 1. The van der Waals surface area contributed by atoms with Gasteiger partial charge in [0.05, 0.1) is 4.92 Å². The number of nitrogens with zero attached hydrogens (tertiary/aromatic N) is 2. The molecule has 1 saturated heterocycles. The Morgan fingerprint density at radius 1 is 1.40 bits per heavy atom. The van der Waals surface area contributed by atoms with Crippen molar-refractivity contribution < 1.29 is 4.92 Å². The number of nitro benzene ring substituents is 1. The van der Waals surface area contributed by atoms with E-state index in [1.807, 2.05) is 6.07 Å². The minimum absolute atomic E-state index is 0.189. The van der Waals surface area contributed by atoms with E-state index in [1.54, 1.807) is 19.1 Å². The molecule has 0 atom stereocenters. The smallest absolute Gasteiger partial charge is 0.274 e. The van der Waals surface area contributed by atoms with Gasteiger partial charge < -0.3 is 10.2 Å². The molecule has 1 aromatic carbocycles. The van der Waals surface area contributed by atoms with Crippen molar-refractivity contribution >= 4 is 11.4 Å². The molecule has 5 heteroatoms. The highest BCUT2D eigenvalue weighted by Crippen LogP contribution is 2.25. The number of piperidine rings is 1. The fourth-order valence-corrected chi connectivity index (χ4v) is 2.77. The molecule has 5 nitrogen and oxygen atoms in total. The number of nitrogens with one attached hydrogen (secondary N) is 1. The van der Waals surface area contributed by atoms with Crippen molar-refractivity contribution in [3.05, 3.63) is 33.9 Å². The van der Waals surface area contributed by atoms with Crippen LogP contribution in [0.1, 0.15) is 24.8 Å². The molecule has 0 radical (unpaired) electrons. The summed E-state index contributed by atoms with van der Waals surface area (Å²) in [4.78, 5) is 12.9. The second kappa shape index (κ2) is 6.70. The first-order valence-corrected chi connectivity index (χ1v) is 7.24. The standard InChI is InChI=1S/C15H23N3O2/c1-12-14(4-3-5-15(12)18(19)20)16-9-6-13-7-10-17(2)11-8-13/h3-5,13,16H,6-11H2,1-2H3. The molecular weight excluding hydrogens is 254 g/mol. The van der Waals surface area contributed by atoms with Crippen LogP contribution in [0.2, 0.25) is 0 Å². The lowest BCUT2D eigenvalue weighted by molar-refractivity contribution is -0.385. The van der Waals surface area contributed by atoms with E-state index in [-0.39, 0.29) is 10.6 Å². The summed E-state index contributed by atoms with van der Waals surface area (Å²) >= 11 is 0. The summed E-state index contributed by atoms with van der Waals surface area (Å²) in [7, 11) is 2.17. The van der Waals surface area contributed by atoms with Gasteiger partial charge in [0.2, 0.25) is 0 Å². The summed E-state index contributed by atoms with van der Waals surface area (Å²) in [5.74, 6) is 0.776. The summed E-state index contributed by atoms with van der Waals surface area (Å²) in [6.07, 6.45) is 3.65. The lowest BCUT2D eigenvalue weighted by Crippen LogP contribution is -2.30. The number of benzene rings is 1. The van der Waals surface area contributed by atoms with Gasteiger partial charge in [-0.25, -0.2) is 0 Å². The molecule has 0 aromatic heterocycles. The van der Waals surface area contributed by atoms with Crippen LogP contribution in [-0.4, -0.2) is 36.5 Å². The average Bonchev–Trinajstić information content (AvgIpc) is 2.42. The van der Waals surface area contributed by atoms with Crippen LogP contribution in [0.5, 0.6) is 0 Å². The van der Waals surface area contributed by atoms with Gasteiger partial charge in [-0.15, -0.1) is 0 Å². The minimum Gasteiger partial charge on any atom is -0.385 e. The molecule has 0 aliphatic carbocycles. The number of nitro groups is 1. The van der Waals surface area contributed by atoms with E-state index in [2.05, 4.69) is 17.3 Å². The Kier molecular flexibility index (Phi) is 4.95. The fraction of sp³-hybridized carbons (Fsp3) is 0.600. The van der Waals surface area contributed by atoms with Crippen molar-refractivity contribution in [1.82, 2.24) is 4.90 Å². The van der Waals surface area contributed by atoms with Gasteiger partial charge in [-0.05, 0) is 58.3 Å². The first kappa shape index (κ1) is 14.8. The second-order valence-corrected chi connectivity index (χ2v) is 5.67. The number of anilines is 1. The Morgan fingerprint density at radius 3 is 2.75 bits per heavy atom. The molecule has 0 bridgehead atoms. The Morgan fingerprint density at radius 2 is 2.10 bits per heavy atom. The Balaban J connectivity index is 1.85. The van der Waals surface area contributed by atoms with Crippen molar-refractivity contribution in [2.45, 2.75) is 26.2 Å². The van der Waals surface area contributed by atoms with Crippen LogP contribution in [0.3, 0.4) is 0 Å². The molecule has 1 fully saturated rings. The Hall–Kier alpha value is -1.62. The molecule has 110 valence electrons. The van der Waals surface area contributed by atoms with Crippen LogP contribution in [0.25, 0.3) is 0 Å². The molecule has 0 unspecified atom stereocenters. The van der Waals surface area contributed by atoms with Gasteiger partial charge in [0.15, 0.2) is 0 Å². The molecule has 0 spiro atoms. The highest BCUT2D eigenvalue weighted by atomic mass is 16.6. The van der Waals surface area contributed by atoms with Gasteiger partial charge in [0.25, 0.3) is 5.69 Å². The van der Waals surface area contributed by atoms with Gasteiger partial charge in [-0.3, -0.25) is 10.1 Å². The van der Waals surface area contributed by atoms with E-state index >= 15 is 0 Å². The lowest BCUT2D eigenvalue weighted by atomic mass is 9.94. The normalized spacial score (nSPS) is 17.1. The Bertz CT molecular complexity index is 468. The van der Waals surface area contributed by atoms with Crippen LogP contribution in [0.15, 0.2) is 18.2 Å². The molecule has 1 aliphatic rings. The van der Waals surface area contributed by atoms with E-state index in [0.29, 0.717) is 0 Å². The first-order valence-electron chi connectivity index (χ1n) is 7.24. The van der Waals surface area contributed by atoms with E-state index in [9.17, 15) is 10.1 Å². The summed E-state index contributed by atoms with van der Waals surface area (Å²) in [5, 5.41) is 14.2. The molecule has 1 aromatic rings. The third-order valence-electron chi connectivity index (χ3n) is 4.21. The molecule has 0 amide bonds. The fourth-order valence-electron chi connectivity index (χ4n) is 2.77. The first-order chi connectivity index (χ1) is 9.58. The van der Waals surface area contributed by atoms with Gasteiger partial charge in [0.1, 0.15) is 0 Å². The molecule has 1 heterocycles. The third kappa shape index (κ3) is 3.70. The summed E-state index contributed by atoms with van der Waals surface area (Å²) in [6, 6.07) is 5.21. The largest absolute Gasteiger partial charge is 0.385 e. The molecule has 0 saturated carbocycles. The summed E-state index contributed by atoms with van der Waals surface area (Å²) in [6.45, 7) is 5.05. The summed E-state index contributed by atoms with van der Waals surface area (Å²) < 4.78 is 0. The van der Waals surface area contributed by atoms with Crippen LogP contribution in [0, 0.1) is 23.0 Å². The van der Waals surface area contributed by atoms with Crippen molar-refractivity contribution in [2.75, 3.05) is 32.0 Å². The predicted octanol–water partition coefficient (Wildman–Crippen LogP) is 3.05. The van der Waals surface area contributed by atoms with Gasteiger partial charge >= 0.3 is 0 Å². The highest BCUT2D eigenvalue weighted by molar-refractivity contribution is 5.59. The minimum atomic E-state index is -0.322. The zero-order valence-corrected chi connectivity index (χ0v) is 12.3. The molecule has 2 rings (SSSR count). The zero-order chi connectivity index (χ0) is 14.5. The van der Waals surface area contributed by atoms with Crippen molar-refractivity contribution in [3.8, 4) is 0 Å². The maximum absolute atomic E-state index is 10.9. The highest BCUT2D eigenvalue weighted by Gasteiger charge is 2.17. The number of hydrogen-bond acceptors (Lipinski definition) is 4. The van der Waals surface area contributed by atoms with Gasteiger partial charge in [-0.2, -0.15) is 0 Å². The van der Waals surface area contributed by atoms with E-state index in [0.717, 1.165) is 30.1 Å². The number of hydrogen-bond donors (Lipinski definition) is 1. The van der Waals surface area contributed by atoms with Gasteiger partial charge in [0, 0.05) is 23.9 Å². The van der Waals surface area contributed by atoms with E-state index in [4.69, 9.17) is 0 Å². The molecule has 1 aliphatic heterocycles. The van der Waals surface area contributed by atoms with E-state index < -0.39 is 0 Å². The zero-order valence-electron chi connectivity index (χ0n) is 12.3. The third-order valence-corrected chi connectivity index (χ3v) is 4.21. The maximum Gasteiger partial charge on any atom is 0.274 e. The monoisotopic (exact) mass is 277 g/mol. The van der Waals surface area contributed by atoms with Gasteiger partial charge in [-0.1, -0.05) is 6.07 Å². The quantitative estimate of drug-likeness (QED) is 0.664. The number of rotatable bonds is 5. The van der Waals surface area contributed by atoms with Crippen molar-refractivity contribution in [1.29, 1.82) is 0 Å². The lowest BCUT2D eigenvalue weighted by Gasteiger charge is -2.29. The SMILES string of the molecule is Cc1c(NCCC2CCN(C)CC2)cccc1[N+](=O)[O-]. The topological polar surface area (TPSA) is 58.4 Å². The maximum atomic E-state index is 10.9. The van der Waals surface area contributed by atoms with Crippen LogP contribution in [0.4, 0.5) is 11.4 Å². The van der Waals surface area contributed by atoms with Crippen molar-refractivity contribution in [3.63, 3.8) is 0 Å². The van der Waals surface area contributed by atoms with Crippen LogP contribution in [-0.2, 0) is 0 Å². The Labute approximate surface area is 120 Å².